The van der Waals surface area contributed by atoms with Gasteiger partial charge in [-0.25, -0.2) is 15.0 Å². The molecule has 0 saturated heterocycles. The van der Waals surface area contributed by atoms with Gasteiger partial charge in [0.15, 0.2) is 11.5 Å². The standard InChI is InChI=1S/C19H19N5O3/c1-12-14(11-23-19(20)24-12)17(25)22-10-13-6-5-9-21-18(13)27-16-8-4-3-7-15(16)26-2/h3-9,11H,10H2,1-2H3,(H,22,25)(H2,20,23,24). The van der Waals surface area contributed by atoms with E-state index in [1.54, 1.807) is 38.4 Å². The Labute approximate surface area is 156 Å². The first-order valence-corrected chi connectivity index (χ1v) is 8.20. The quantitative estimate of drug-likeness (QED) is 0.690. The average molecular weight is 365 g/mol. The lowest BCUT2D eigenvalue weighted by Gasteiger charge is -2.13. The van der Waals surface area contributed by atoms with Crippen molar-refractivity contribution in [2.75, 3.05) is 12.8 Å². The normalized spacial score (nSPS) is 10.3. The summed E-state index contributed by atoms with van der Waals surface area (Å²) in [5.41, 5.74) is 7.11. The number of hydrogen-bond acceptors (Lipinski definition) is 7. The number of amides is 1. The van der Waals surface area contributed by atoms with Gasteiger partial charge in [0.05, 0.1) is 18.4 Å². The number of para-hydroxylation sites is 2. The molecule has 2 aromatic heterocycles. The summed E-state index contributed by atoms with van der Waals surface area (Å²) in [5, 5.41) is 2.82. The summed E-state index contributed by atoms with van der Waals surface area (Å²) in [6.07, 6.45) is 3.02. The smallest absolute Gasteiger partial charge is 0.254 e. The van der Waals surface area contributed by atoms with Gasteiger partial charge in [-0.05, 0) is 25.1 Å². The minimum absolute atomic E-state index is 0.129. The van der Waals surface area contributed by atoms with Gasteiger partial charge < -0.3 is 20.5 Å². The molecular formula is C19H19N5O3. The van der Waals surface area contributed by atoms with Crippen molar-refractivity contribution in [2.24, 2.45) is 0 Å². The molecule has 3 N–H and O–H groups in total. The minimum atomic E-state index is -0.306. The first kappa shape index (κ1) is 18.1. The number of hydrogen-bond donors (Lipinski definition) is 2. The summed E-state index contributed by atoms with van der Waals surface area (Å²) in [5.74, 6) is 1.33. The zero-order valence-electron chi connectivity index (χ0n) is 15.0. The Morgan fingerprint density at radius 1 is 1.15 bits per heavy atom. The van der Waals surface area contributed by atoms with Crippen LogP contribution in [0.5, 0.6) is 17.4 Å². The molecule has 0 bridgehead atoms. The van der Waals surface area contributed by atoms with Crippen LogP contribution in [-0.2, 0) is 6.54 Å². The Bertz CT molecular complexity index is 962. The van der Waals surface area contributed by atoms with Crippen LogP contribution in [-0.4, -0.2) is 28.0 Å². The van der Waals surface area contributed by atoms with Crippen LogP contribution in [0.15, 0.2) is 48.8 Å². The van der Waals surface area contributed by atoms with E-state index in [2.05, 4.69) is 20.3 Å². The van der Waals surface area contributed by atoms with Gasteiger partial charge in [-0.3, -0.25) is 4.79 Å². The fraction of sp³-hybridized carbons (Fsp3) is 0.158. The number of nitrogen functional groups attached to an aromatic ring is 1. The highest BCUT2D eigenvalue weighted by Crippen LogP contribution is 2.31. The van der Waals surface area contributed by atoms with Gasteiger partial charge in [0.1, 0.15) is 0 Å². The number of ether oxygens (including phenoxy) is 2. The van der Waals surface area contributed by atoms with Crippen molar-refractivity contribution in [2.45, 2.75) is 13.5 Å². The topological polar surface area (TPSA) is 112 Å². The van der Waals surface area contributed by atoms with Crippen LogP contribution in [0.3, 0.4) is 0 Å². The zero-order chi connectivity index (χ0) is 19.2. The maximum Gasteiger partial charge on any atom is 0.254 e. The van der Waals surface area contributed by atoms with Crippen molar-refractivity contribution in [1.82, 2.24) is 20.3 Å². The summed E-state index contributed by atoms with van der Waals surface area (Å²) in [6.45, 7) is 1.92. The van der Waals surface area contributed by atoms with Crippen molar-refractivity contribution < 1.29 is 14.3 Å². The van der Waals surface area contributed by atoms with Crippen molar-refractivity contribution >= 4 is 11.9 Å². The van der Waals surface area contributed by atoms with Gasteiger partial charge in [0.2, 0.25) is 11.8 Å². The van der Waals surface area contributed by atoms with Crippen molar-refractivity contribution in [3.8, 4) is 17.4 Å². The van der Waals surface area contributed by atoms with Crippen LogP contribution in [0.25, 0.3) is 0 Å². The van der Waals surface area contributed by atoms with Gasteiger partial charge in [0, 0.05) is 24.5 Å². The maximum absolute atomic E-state index is 12.4. The lowest BCUT2D eigenvalue weighted by Crippen LogP contribution is -2.24. The van der Waals surface area contributed by atoms with Crippen LogP contribution < -0.4 is 20.5 Å². The molecule has 2 heterocycles. The molecule has 8 nitrogen and oxygen atoms in total. The third kappa shape index (κ3) is 4.30. The van der Waals surface area contributed by atoms with Gasteiger partial charge in [-0.2, -0.15) is 0 Å². The molecule has 0 spiro atoms. The summed E-state index contributed by atoms with van der Waals surface area (Å²) in [7, 11) is 1.57. The molecule has 0 saturated carbocycles. The molecule has 138 valence electrons. The third-order valence-corrected chi connectivity index (χ3v) is 3.81. The Balaban J connectivity index is 1.75. The van der Waals surface area contributed by atoms with Gasteiger partial charge in [-0.1, -0.05) is 18.2 Å². The van der Waals surface area contributed by atoms with Crippen LogP contribution >= 0.6 is 0 Å². The SMILES string of the molecule is COc1ccccc1Oc1ncccc1CNC(=O)c1cnc(N)nc1C. The van der Waals surface area contributed by atoms with Crippen LogP contribution in [0.2, 0.25) is 0 Å². The summed E-state index contributed by atoms with van der Waals surface area (Å²) < 4.78 is 11.2. The second kappa shape index (κ2) is 8.13. The number of methoxy groups -OCH3 is 1. The number of aryl methyl sites for hydroxylation is 1. The molecule has 8 heteroatoms. The highest BCUT2D eigenvalue weighted by Gasteiger charge is 2.14. The van der Waals surface area contributed by atoms with E-state index in [4.69, 9.17) is 15.2 Å². The van der Waals surface area contributed by atoms with E-state index in [9.17, 15) is 4.79 Å². The van der Waals surface area contributed by atoms with E-state index in [-0.39, 0.29) is 18.4 Å². The molecule has 0 fully saturated rings. The molecule has 27 heavy (non-hydrogen) atoms. The fourth-order valence-electron chi connectivity index (χ4n) is 2.44. The van der Waals surface area contributed by atoms with Crippen molar-refractivity contribution in [3.63, 3.8) is 0 Å². The molecule has 0 radical (unpaired) electrons. The highest BCUT2D eigenvalue weighted by atomic mass is 16.5. The highest BCUT2D eigenvalue weighted by molar-refractivity contribution is 5.94. The summed E-state index contributed by atoms with van der Waals surface area (Å²) >= 11 is 0. The molecular weight excluding hydrogens is 346 g/mol. The summed E-state index contributed by atoms with van der Waals surface area (Å²) in [4.78, 5) is 24.5. The fourth-order valence-corrected chi connectivity index (χ4v) is 2.44. The van der Waals surface area contributed by atoms with Crippen molar-refractivity contribution in [3.05, 3.63) is 65.6 Å². The van der Waals surface area contributed by atoms with E-state index >= 15 is 0 Å². The average Bonchev–Trinajstić information content (AvgIpc) is 2.67. The van der Waals surface area contributed by atoms with Crippen molar-refractivity contribution in [1.29, 1.82) is 0 Å². The Hall–Kier alpha value is -3.68. The zero-order valence-corrected chi connectivity index (χ0v) is 15.0. The van der Waals surface area contributed by atoms with Crippen LogP contribution in [0.4, 0.5) is 5.95 Å². The van der Waals surface area contributed by atoms with Crippen LogP contribution in [0.1, 0.15) is 21.6 Å². The second-order valence-corrected chi connectivity index (χ2v) is 5.63. The van der Waals surface area contributed by atoms with E-state index in [0.717, 1.165) is 0 Å². The van der Waals surface area contributed by atoms with Crippen LogP contribution in [0, 0.1) is 6.92 Å². The minimum Gasteiger partial charge on any atom is -0.493 e. The van der Waals surface area contributed by atoms with Gasteiger partial charge in [0.25, 0.3) is 5.91 Å². The number of nitrogens with two attached hydrogens (primary N) is 1. The lowest BCUT2D eigenvalue weighted by molar-refractivity contribution is 0.0949. The van der Waals surface area contributed by atoms with Gasteiger partial charge >= 0.3 is 0 Å². The predicted molar refractivity (Wildman–Crippen MR) is 99.7 cm³/mol. The molecule has 3 aromatic rings. The largest absolute Gasteiger partial charge is 0.493 e. The molecule has 0 atom stereocenters. The number of carbonyl (C=O) groups is 1. The first-order valence-electron chi connectivity index (χ1n) is 8.20. The monoisotopic (exact) mass is 365 g/mol. The second-order valence-electron chi connectivity index (χ2n) is 5.63. The Morgan fingerprint density at radius 3 is 2.67 bits per heavy atom. The molecule has 0 aliphatic carbocycles. The van der Waals surface area contributed by atoms with E-state index in [1.807, 2.05) is 18.2 Å². The Morgan fingerprint density at radius 2 is 1.93 bits per heavy atom. The van der Waals surface area contributed by atoms with Gasteiger partial charge in [-0.15, -0.1) is 0 Å². The molecule has 0 unspecified atom stereocenters. The number of anilines is 1. The number of nitrogens with one attached hydrogen (secondary N) is 1. The number of aromatic nitrogens is 3. The number of nitrogens with zero attached hydrogens (tertiary/aromatic N) is 3. The van der Waals surface area contributed by atoms with E-state index in [1.165, 1.54) is 6.20 Å². The maximum atomic E-state index is 12.4. The predicted octanol–water partition coefficient (Wildman–Crippen LogP) is 2.49. The number of benzene rings is 1. The Kier molecular flexibility index (Phi) is 5.46. The number of carbonyl (C=O) groups excluding carboxylic acids is 1. The molecule has 0 aliphatic rings. The number of pyridine rings is 1. The molecule has 1 amide bonds. The summed E-state index contributed by atoms with van der Waals surface area (Å²) in [6, 6.07) is 10.9. The molecule has 0 aliphatic heterocycles. The molecule has 3 rings (SSSR count). The first-order chi connectivity index (χ1) is 13.1. The molecule has 1 aromatic carbocycles. The third-order valence-electron chi connectivity index (χ3n) is 3.81. The van der Waals surface area contributed by atoms with E-state index in [0.29, 0.717) is 34.2 Å². The lowest BCUT2D eigenvalue weighted by atomic mass is 10.2. The number of rotatable bonds is 6. The van der Waals surface area contributed by atoms with E-state index < -0.39 is 0 Å².